The summed E-state index contributed by atoms with van der Waals surface area (Å²) in [5.74, 6) is 1.43. The second kappa shape index (κ2) is 5.60. The van der Waals surface area contributed by atoms with Crippen LogP contribution in [0.25, 0.3) is 0 Å². The highest BCUT2D eigenvalue weighted by atomic mass is 35.5. The zero-order valence-corrected chi connectivity index (χ0v) is 10.2. The Morgan fingerprint density at radius 1 is 1.25 bits per heavy atom. The smallest absolute Gasteiger partial charge is 0.133 e. The molecule has 1 saturated carbocycles. The predicted molar refractivity (Wildman–Crippen MR) is 65.6 cm³/mol. The minimum Gasteiger partial charge on any atom is -0.330 e. The summed E-state index contributed by atoms with van der Waals surface area (Å²) in [5.41, 5.74) is 6.51. The molecule has 1 aromatic heterocycles. The van der Waals surface area contributed by atoms with Crippen LogP contribution >= 0.6 is 11.6 Å². The average Bonchev–Trinajstić information content (AvgIpc) is 2.30. The highest BCUT2D eigenvalue weighted by Gasteiger charge is 2.18. The molecule has 4 heteroatoms. The van der Waals surface area contributed by atoms with Crippen molar-refractivity contribution in [3.8, 4) is 0 Å². The van der Waals surface area contributed by atoms with Crippen molar-refractivity contribution >= 4 is 11.6 Å². The molecule has 16 heavy (non-hydrogen) atoms. The molecule has 1 aromatic rings. The van der Waals surface area contributed by atoms with Crippen molar-refractivity contribution in [2.45, 2.75) is 44.4 Å². The fourth-order valence-electron chi connectivity index (χ4n) is 2.30. The van der Waals surface area contributed by atoms with Crippen LogP contribution in [0.1, 0.15) is 49.5 Å². The summed E-state index contributed by atoms with van der Waals surface area (Å²) >= 11 is 6.01. The van der Waals surface area contributed by atoms with Crippen LogP contribution in [0.3, 0.4) is 0 Å². The zero-order chi connectivity index (χ0) is 11.4. The second-order valence-electron chi connectivity index (χ2n) is 4.41. The number of aromatic nitrogens is 2. The topological polar surface area (TPSA) is 51.8 Å². The Balaban J connectivity index is 2.18. The molecular formula is C12H18ClN3. The van der Waals surface area contributed by atoms with Crippen LogP contribution in [0.15, 0.2) is 6.07 Å². The maximum atomic E-state index is 6.01. The monoisotopic (exact) mass is 239 g/mol. The first kappa shape index (κ1) is 11.8. The molecule has 0 unspecified atom stereocenters. The van der Waals surface area contributed by atoms with E-state index in [9.17, 15) is 0 Å². The number of halogens is 1. The van der Waals surface area contributed by atoms with Gasteiger partial charge < -0.3 is 5.73 Å². The lowest BCUT2D eigenvalue weighted by Crippen LogP contribution is -2.12. The molecule has 0 spiro atoms. The van der Waals surface area contributed by atoms with Crippen molar-refractivity contribution in [1.82, 2.24) is 9.97 Å². The molecule has 0 saturated heterocycles. The van der Waals surface area contributed by atoms with Gasteiger partial charge in [-0.05, 0) is 25.5 Å². The van der Waals surface area contributed by atoms with Crippen LogP contribution in [0.4, 0.5) is 0 Å². The highest BCUT2D eigenvalue weighted by Crippen LogP contribution is 2.31. The second-order valence-corrected chi connectivity index (χ2v) is 4.80. The third-order valence-electron chi connectivity index (χ3n) is 3.14. The molecule has 0 aromatic carbocycles. The van der Waals surface area contributed by atoms with Crippen LogP contribution < -0.4 is 5.73 Å². The van der Waals surface area contributed by atoms with Crippen molar-refractivity contribution in [3.05, 3.63) is 22.7 Å². The van der Waals surface area contributed by atoms with Crippen LogP contribution in [-0.2, 0) is 6.42 Å². The standard InChI is InChI=1S/C12H18ClN3/c13-11-8-10(6-7-14)15-12(16-11)9-4-2-1-3-5-9/h8-9H,1-7,14H2. The van der Waals surface area contributed by atoms with Crippen LogP contribution in [-0.4, -0.2) is 16.5 Å². The van der Waals surface area contributed by atoms with E-state index in [2.05, 4.69) is 9.97 Å². The van der Waals surface area contributed by atoms with E-state index in [1.165, 1.54) is 32.1 Å². The van der Waals surface area contributed by atoms with E-state index in [1.807, 2.05) is 6.07 Å². The summed E-state index contributed by atoms with van der Waals surface area (Å²) < 4.78 is 0. The van der Waals surface area contributed by atoms with Gasteiger partial charge in [-0.3, -0.25) is 0 Å². The maximum absolute atomic E-state index is 6.01. The Labute approximate surface area is 101 Å². The summed E-state index contributed by atoms with van der Waals surface area (Å²) in [7, 11) is 0. The molecule has 0 atom stereocenters. The first-order valence-corrected chi connectivity index (χ1v) is 6.41. The van der Waals surface area contributed by atoms with Gasteiger partial charge >= 0.3 is 0 Å². The van der Waals surface area contributed by atoms with Gasteiger partial charge in [0.25, 0.3) is 0 Å². The van der Waals surface area contributed by atoms with Gasteiger partial charge in [-0.1, -0.05) is 30.9 Å². The number of rotatable bonds is 3. The Morgan fingerprint density at radius 3 is 2.69 bits per heavy atom. The predicted octanol–water partition coefficient (Wildman–Crippen LogP) is 2.68. The zero-order valence-electron chi connectivity index (χ0n) is 9.45. The summed E-state index contributed by atoms with van der Waals surface area (Å²) in [6.45, 7) is 0.609. The summed E-state index contributed by atoms with van der Waals surface area (Å²) in [6, 6.07) is 1.82. The van der Waals surface area contributed by atoms with E-state index in [1.54, 1.807) is 0 Å². The van der Waals surface area contributed by atoms with Crippen LogP contribution in [0.5, 0.6) is 0 Å². The van der Waals surface area contributed by atoms with E-state index in [4.69, 9.17) is 17.3 Å². The third kappa shape index (κ3) is 2.92. The van der Waals surface area contributed by atoms with Gasteiger partial charge in [0.2, 0.25) is 0 Å². The Kier molecular flexibility index (Phi) is 4.13. The Morgan fingerprint density at radius 2 is 2.00 bits per heavy atom. The fourth-order valence-corrected chi connectivity index (χ4v) is 2.52. The number of hydrogen-bond acceptors (Lipinski definition) is 3. The average molecular weight is 240 g/mol. The minimum absolute atomic E-state index is 0.504. The highest BCUT2D eigenvalue weighted by molar-refractivity contribution is 6.29. The maximum Gasteiger partial charge on any atom is 0.133 e. The van der Waals surface area contributed by atoms with Crippen molar-refractivity contribution in [1.29, 1.82) is 0 Å². The fraction of sp³-hybridized carbons (Fsp3) is 0.667. The van der Waals surface area contributed by atoms with E-state index in [0.29, 0.717) is 17.6 Å². The summed E-state index contributed by atoms with van der Waals surface area (Å²) in [5, 5.41) is 0.555. The number of hydrogen-bond donors (Lipinski definition) is 1. The Bertz CT molecular complexity index is 348. The number of nitrogens with two attached hydrogens (primary N) is 1. The molecule has 2 N–H and O–H groups in total. The Hall–Kier alpha value is -0.670. The molecule has 0 aliphatic heterocycles. The summed E-state index contributed by atoms with van der Waals surface area (Å²) in [6.07, 6.45) is 7.08. The molecule has 1 heterocycles. The lowest BCUT2D eigenvalue weighted by Gasteiger charge is -2.20. The first-order chi connectivity index (χ1) is 7.79. The van der Waals surface area contributed by atoms with Gasteiger partial charge in [0, 0.05) is 18.0 Å². The van der Waals surface area contributed by atoms with Crippen LogP contribution in [0.2, 0.25) is 5.15 Å². The minimum atomic E-state index is 0.504. The molecule has 0 amide bonds. The molecular weight excluding hydrogens is 222 g/mol. The molecule has 0 bridgehead atoms. The van der Waals surface area contributed by atoms with Crippen LogP contribution in [0, 0.1) is 0 Å². The molecule has 1 fully saturated rings. The van der Waals surface area contributed by atoms with Crippen molar-refractivity contribution in [2.24, 2.45) is 5.73 Å². The van der Waals surface area contributed by atoms with Gasteiger partial charge in [-0.15, -0.1) is 0 Å². The van der Waals surface area contributed by atoms with Gasteiger partial charge in [0.05, 0.1) is 0 Å². The van der Waals surface area contributed by atoms with E-state index in [-0.39, 0.29) is 0 Å². The van der Waals surface area contributed by atoms with Gasteiger partial charge in [0.1, 0.15) is 11.0 Å². The normalized spacial score (nSPS) is 17.6. The molecule has 3 nitrogen and oxygen atoms in total. The number of nitrogens with zero attached hydrogens (tertiary/aromatic N) is 2. The van der Waals surface area contributed by atoms with Gasteiger partial charge in [0.15, 0.2) is 0 Å². The van der Waals surface area contributed by atoms with E-state index in [0.717, 1.165) is 17.9 Å². The molecule has 2 rings (SSSR count). The lowest BCUT2D eigenvalue weighted by molar-refractivity contribution is 0.427. The van der Waals surface area contributed by atoms with Crippen molar-refractivity contribution in [2.75, 3.05) is 6.54 Å². The SMILES string of the molecule is NCCc1cc(Cl)nc(C2CCCCC2)n1. The van der Waals surface area contributed by atoms with E-state index < -0.39 is 0 Å². The van der Waals surface area contributed by atoms with Gasteiger partial charge in [-0.2, -0.15) is 0 Å². The molecule has 0 radical (unpaired) electrons. The largest absolute Gasteiger partial charge is 0.330 e. The van der Waals surface area contributed by atoms with E-state index >= 15 is 0 Å². The molecule has 1 aliphatic rings. The van der Waals surface area contributed by atoms with Gasteiger partial charge in [-0.25, -0.2) is 9.97 Å². The van der Waals surface area contributed by atoms with Crippen molar-refractivity contribution in [3.63, 3.8) is 0 Å². The summed E-state index contributed by atoms with van der Waals surface area (Å²) in [4.78, 5) is 8.92. The quantitative estimate of drug-likeness (QED) is 0.826. The van der Waals surface area contributed by atoms with Crippen molar-refractivity contribution < 1.29 is 0 Å². The lowest BCUT2D eigenvalue weighted by atomic mass is 9.88. The first-order valence-electron chi connectivity index (χ1n) is 6.03. The molecule has 1 aliphatic carbocycles. The molecule has 88 valence electrons. The third-order valence-corrected chi connectivity index (χ3v) is 3.33.